The van der Waals surface area contributed by atoms with Gasteiger partial charge in [0.05, 0.1) is 4.90 Å². The summed E-state index contributed by atoms with van der Waals surface area (Å²) in [5.41, 5.74) is 0. The zero-order chi connectivity index (χ0) is 13.3. The Hall–Kier alpha value is -0.760. The lowest BCUT2D eigenvalue weighted by Gasteiger charge is -2.23. The molecule has 0 aliphatic carbocycles. The van der Waals surface area contributed by atoms with Gasteiger partial charge in [0.25, 0.3) is 0 Å². The molecular weight excluding hydrogens is 298 g/mol. The molecule has 1 unspecified atom stereocenters. The fourth-order valence-electron chi connectivity index (χ4n) is 1.95. The van der Waals surface area contributed by atoms with Gasteiger partial charge < -0.3 is 5.32 Å². The highest BCUT2D eigenvalue weighted by Gasteiger charge is 2.30. The molecule has 1 saturated heterocycles. The third kappa shape index (κ3) is 3.22. The van der Waals surface area contributed by atoms with Crippen LogP contribution in [0.4, 0.5) is 8.78 Å². The minimum absolute atomic E-state index is 0. The monoisotopic (exact) mass is 312 g/mol. The van der Waals surface area contributed by atoms with Gasteiger partial charge in [-0.15, -0.1) is 12.4 Å². The third-order valence-corrected chi connectivity index (χ3v) is 5.02. The van der Waals surface area contributed by atoms with E-state index in [1.807, 2.05) is 0 Å². The third-order valence-electron chi connectivity index (χ3n) is 3.12. The molecule has 8 heteroatoms. The van der Waals surface area contributed by atoms with E-state index in [9.17, 15) is 17.2 Å². The molecule has 108 valence electrons. The molecule has 0 amide bonds. The van der Waals surface area contributed by atoms with Crippen LogP contribution in [0.25, 0.3) is 0 Å². The number of likely N-dealkylation sites (N-methyl/N-ethyl adjacent to an activating group) is 1. The molecule has 2 rings (SSSR count). The quantitative estimate of drug-likeness (QED) is 0.917. The minimum atomic E-state index is -3.78. The molecule has 1 N–H and O–H groups in total. The number of hydrogen-bond acceptors (Lipinski definition) is 3. The molecule has 1 aromatic rings. The minimum Gasteiger partial charge on any atom is -0.315 e. The summed E-state index contributed by atoms with van der Waals surface area (Å²) < 4.78 is 51.5. The van der Waals surface area contributed by atoms with Crippen LogP contribution in [0, 0.1) is 11.6 Å². The molecule has 0 spiro atoms. The Kier molecular flexibility index (Phi) is 5.26. The Bertz CT molecular complexity index is 548. The lowest BCUT2D eigenvalue weighted by atomic mass is 10.3. The molecule has 4 nitrogen and oxygen atoms in total. The summed E-state index contributed by atoms with van der Waals surface area (Å²) in [6.07, 6.45) is 0.708. The van der Waals surface area contributed by atoms with E-state index in [0.717, 1.165) is 18.7 Å². The molecule has 1 fully saturated rings. The van der Waals surface area contributed by atoms with Crippen molar-refractivity contribution in [3.8, 4) is 0 Å². The average molecular weight is 313 g/mol. The smallest absolute Gasteiger partial charge is 0.243 e. The van der Waals surface area contributed by atoms with Gasteiger partial charge in [-0.25, -0.2) is 17.2 Å². The Morgan fingerprint density at radius 3 is 2.53 bits per heavy atom. The van der Waals surface area contributed by atoms with Gasteiger partial charge >= 0.3 is 0 Å². The normalized spacial score (nSPS) is 19.5. The zero-order valence-electron chi connectivity index (χ0n) is 10.3. The van der Waals surface area contributed by atoms with E-state index in [4.69, 9.17) is 0 Å². The van der Waals surface area contributed by atoms with E-state index in [1.165, 1.54) is 11.4 Å². The van der Waals surface area contributed by atoms with Gasteiger partial charge in [-0.2, -0.15) is 4.31 Å². The maximum atomic E-state index is 13.1. The summed E-state index contributed by atoms with van der Waals surface area (Å²) in [7, 11) is -2.32. The highest BCUT2D eigenvalue weighted by Crippen LogP contribution is 2.20. The van der Waals surface area contributed by atoms with Crippen LogP contribution in [0.5, 0.6) is 0 Å². The predicted octanol–water partition coefficient (Wildman–Crippen LogP) is 1.37. The molecule has 1 aliphatic heterocycles. The second-order valence-corrected chi connectivity index (χ2v) is 6.24. The van der Waals surface area contributed by atoms with Crippen molar-refractivity contribution < 1.29 is 17.2 Å². The van der Waals surface area contributed by atoms with Crippen LogP contribution in [-0.2, 0) is 10.0 Å². The van der Waals surface area contributed by atoms with Crippen molar-refractivity contribution >= 4 is 22.4 Å². The summed E-state index contributed by atoms with van der Waals surface area (Å²) in [6, 6.07) is 2.46. The standard InChI is InChI=1S/C11H14F2N2O2S.ClH/c1-15(8-4-5-14-7-8)18(16,17)9-2-3-10(12)11(13)6-9;/h2-3,6,8,14H,4-5,7H2,1H3;1H. The van der Waals surface area contributed by atoms with E-state index < -0.39 is 21.7 Å². The van der Waals surface area contributed by atoms with E-state index in [1.54, 1.807) is 0 Å². The van der Waals surface area contributed by atoms with Gasteiger partial charge in [0.15, 0.2) is 11.6 Å². The Morgan fingerprint density at radius 1 is 1.32 bits per heavy atom. The number of rotatable bonds is 3. The van der Waals surface area contributed by atoms with E-state index >= 15 is 0 Å². The molecule has 0 bridgehead atoms. The first-order valence-corrected chi connectivity index (χ1v) is 7.01. The Balaban J connectivity index is 0.00000180. The van der Waals surface area contributed by atoms with Crippen molar-refractivity contribution in [1.82, 2.24) is 9.62 Å². The van der Waals surface area contributed by atoms with Crippen LogP contribution < -0.4 is 5.32 Å². The maximum Gasteiger partial charge on any atom is 0.243 e. The van der Waals surface area contributed by atoms with Crippen molar-refractivity contribution in [2.75, 3.05) is 20.1 Å². The number of hydrogen-bond donors (Lipinski definition) is 1. The van der Waals surface area contributed by atoms with Gasteiger partial charge in [0.1, 0.15) is 0 Å². The number of halogens is 3. The van der Waals surface area contributed by atoms with Crippen molar-refractivity contribution in [3.63, 3.8) is 0 Å². The fraction of sp³-hybridized carbons (Fsp3) is 0.455. The van der Waals surface area contributed by atoms with E-state index in [0.29, 0.717) is 19.0 Å². The van der Waals surface area contributed by atoms with Crippen molar-refractivity contribution in [3.05, 3.63) is 29.8 Å². The van der Waals surface area contributed by atoms with Crippen LogP contribution in [0.2, 0.25) is 0 Å². The van der Waals surface area contributed by atoms with Crippen molar-refractivity contribution in [1.29, 1.82) is 0 Å². The molecular formula is C11H15ClF2N2O2S. The van der Waals surface area contributed by atoms with Crippen molar-refractivity contribution in [2.45, 2.75) is 17.4 Å². The lowest BCUT2D eigenvalue weighted by Crippen LogP contribution is -2.38. The number of benzene rings is 1. The van der Waals surface area contributed by atoms with Crippen LogP contribution in [-0.4, -0.2) is 38.9 Å². The molecule has 1 aromatic carbocycles. The lowest BCUT2D eigenvalue weighted by molar-refractivity contribution is 0.387. The largest absolute Gasteiger partial charge is 0.315 e. The number of nitrogens with zero attached hydrogens (tertiary/aromatic N) is 1. The van der Waals surface area contributed by atoms with Gasteiger partial charge in [-0.1, -0.05) is 0 Å². The first kappa shape index (κ1) is 16.3. The molecule has 0 aromatic heterocycles. The SMILES string of the molecule is CN(C1CCNC1)S(=O)(=O)c1ccc(F)c(F)c1.Cl. The molecule has 1 heterocycles. The van der Waals surface area contributed by atoms with Crippen LogP contribution in [0.15, 0.2) is 23.1 Å². The number of nitrogens with one attached hydrogen (secondary N) is 1. The second-order valence-electron chi connectivity index (χ2n) is 4.24. The average Bonchev–Trinajstić information content (AvgIpc) is 2.85. The summed E-state index contributed by atoms with van der Waals surface area (Å²) in [5, 5.41) is 3.06. The maximum absolute atomic E-state index is 13.1. The summed E-state index contributed by atoms with van der Waals surface area (Å²) >= 11 is 0. The first-order chi connectivity index (χ1) is 8.43. The summed E-state index contributed by atoms with van der Waals surface area (Å²) in [5.74, 6) is -2.21. The highest BCUT2D eigenvalue weighted by atomic mass is 35.5. The van der Waals surface area contributed by atoms with Crippen LogP contribution in [0.1, 0.15) is 6.42 Å². The van der Waals surface area contributed by atoms with Gasteiger partial charge in [-0.05, 0) is 31.2 Å². The molecule has 0 saturated carbocycles. The van der Waals surface area contributed by atoms with Crippen LogP contribution in [0.3, 0.4) is 0 Å². The summed E-state index contributed by atoms with van der Waals surface area (Å²) in [4.78, 5) is -0.226. The molecule has 1 aliphatic rings. The van der Waals surface area contributed by atoms with E-state index in [2.05, 4.69) is 5.32 Å². The van der Waals surface area contributed by atoms with Gasteiger partial charge in [0.2, 0.25) is 10.0 Å². The van der Waals surface area contributed by atoms with Crippen molar-refractivity contribution in [2.24, 2.45) is 0 Å². The first-order valence-electron chi connectivity index (χ1n) is 5.57. The Morgan fingerprint density at radius 2 is 2.00 bits per heavy atom. The summed E-state index contributed by atoms with van der Waals surface area (Å²) in [6.45, 7) is 1.32. The Labute approximate surface area is 117 Å². The fourth-order valence-corrected chi connectivity index (χ4v) is 3.35. The van der Waals surface area contributed by atoms with E-state index in [-0.39, 0.29) is 23.3 Å². The number of sulfonamides is 1. The zero-order valence-corrected chi connectivity index (χ0v) is 11.9. The molecule has 0 radical (unpaired) electrons. The molecule has 1 atom stereocenters. The highest BCUT2D eigenvalue weighted by molar-refractivity contribution is 7.89. The van der Waals surface area contributed by atoms with Gasteiger partial charge in [-0.3, -0.25) is 0 Å². The molecule has 19 heavy (non-hydrogen) atoms. The second kappa shape index (κ2) is 6.13. The van der Waals surface area contributed by atoms with Crippen LogP contribution >= 0.6 is 12.4 Å². The van der Waals surface area contributed by atoms with Gasteiger partial charge in [0, 0.05) is 19.6 Å². The predicted molar refractivity (Wildman–Crippen MR) is 69.8 cm³/mol. The topological polar surface area (TPSA) is 49.4 Å².